The summed E-state index contributed by atoms with van der Waals surface area (Å²) in [5, 5.41) is 6.76. The van der Waals surface area contributed by atoms with Gasteiger partial charge in [-0.2, -0.15) is 0 Å². The quantitative estimate of drug-likeness (QED) is 0.486. The van der Waals surface area contributed by atoms with Crippen molar-refractivity contribution in [1.82, 2.24) is 15.5 Å². The Bertz CT molecular complexity index is 581. The third kappa shape index (κ3) is 7.03. The summed E-state index contributed by atoms with van der Waals surface area (Å²) in [7, 11) is 1.79. The molecule has 1 aliphatic rings. The van der Waals surface area contributed by atoms with E-state index in [1.807, 2.05) is 18.2 Å². The first-order chi connectivity index (χ1) is 13.1. The molecule has 6 nitrogen and oxygen atoms in total. The number of benzene rings is 1. The molecule has 2 rings (SSSR count). The zero-order valence-electron chi connectivity index (χ0n) is 17.4. The Morgan fingerprint density at radius 2 is 2.04 bits per heavy atom. The van der Waals surface area contributed by atoms with E-state index in [1.165, 1.54) is 0 Å². The first kappa shape index (κ1) is 21.5. The van der Waals surface area contributed by atoms with Crippen molar-refractivity contribution in [3.63, 3.8) is 0 Å². The van der Waals surface area contributed by atoms with E-state index in [0.717, 1.165) is 62.9 Å². The molecule has 1 heterocycles. The topological polar surface area (TPSA) is 58.1 Å². The summed E-state index contributed by atoms with van der Waals surface area (Å²) in [6, 6.07) is 8.18. The van der Waals surface area contributed by atoms with Crippen LogP contribution in [0.4, 0.5) is 0 Å². The third-order valence-corrected chi connectivity index (χ3v) is 5.13. The van der Waals surface area contributed by atoms with Crippen molar-refractivity contribution in [3.05, 3.63) is 29.8 Å². The van der Waals surface area contributed by atoms with Crippen molar-refractivity contribution >= 4 is 5.96 Å². The highest BCUT2D eigenvalue weighted by Crippen LogP contribution is 2.23. The van der Waals surface area contributed by atoms with Crippen LogP contribution < -0.4 is 15.4 Å². The summed E-state index contributed by atoms with van der Waals surface area (Å²) in [6.07, 6.45) is 2.21. The molecular weight excluding hydrogens is 340 g/mol. The Kier molecular flexibility index (Phi) is 8.88. The molecule has 0 saturated carbocycles. The van der Waals surface area contributed by atoms with E-state index in [4.69, 9.17) is 9.47 Å². The van der Waals surface area contributed by atoms with E-state index in [2.05, 4.69) is 47.4 Å². The van der Waals surface area contributed by atoms with E-state index in [0.29, 0.717) is 13.2 Å². The molecule has 0 spiro atoms. The number of likely N-dealkylation sites (N-methyl/N-ethyl adjacent to an activating group) is 1. The molecule has 1 saturated heterocycles. The lowest BCUT2D eigenvalue weighted by Gasteiger charge is -2.25. The van der Waals surface area contributed by atoms with Gasteiger partial charge in [0.15, 0.2) is 5.96 Å². The van der Waals surface area contributed by atoms with Crippen molar-refractivity contribution in [3.8, 4) is 5.75 Å². The van der Waals surface area contributed by atoms with Crippen LogP contribution in [0.25, 0.3) is 0 Å². The standard InChI is InChI=1S/C21H36N4O2/c1-5-25(6-2)13-15-26-19-11-8-7-10-18(19)16-23-20(22-4)24-17-21(3)12-9-14-27-21/h7-8,10-11H,5-6,9,12-17H2,1-4H3,(H2,22,23,24). The molecule has 1 aromatic carbocycles. The second-order valence-electron chi connectivity index (χ2n) is 7.16. The summed E-state index contributed by atoms with van der Waals surface area (Å²) >= 11 is 0. The van der Waals surface area contributed by atoms with E-state index in [9.17, 15) is 0 Å². The predicted molar refractivity (Wildman–Crippen MR) is 112 cm³/mol. The van der Waals surface area contributed by atoms with Gasteiger partial charge in [0.05, 0.1) is 5.60 Å². The van der Waals surface area contributed by atoms with Crippen LogP contribution in [0.2, 0.25) is 0 Å². The minimum Gasteiger partial charge on any atom is -0.492 e. The Morgan fingerprint density at radius 3 is 2.70 bits per heavy atom. The van der Waals surface area contributed by atoms with Crippen LogP contribution in [-0.4, -0.2) is 62.9 Å². The Morgan fingerprint density at radius 1 is 1.26 bits per heavy atom. The minimum absolute atomic E-state index is 0.0942. The fourth-order valence-electron chi connectivity index (χ4n) is 3.26. The number of guanidine groups is 1. The van der Waals surface area contributed by atoms with Gasteiger partial charge >= 0.3 is 0 Å². The van der Waals surface area contributed by atoms with Crippen LogP contribution >= 0.6 is 0 Å². The molecular formula is C21H36N4O2. The van der Waals surface area contributed by atoms with Gasteiger partial charge in [-0.3, -0.25) is 4.99 Å². The first-order valence-electron chi connectivity index (χ1n) is 10.1. The van der Waals surface area contributed by atoms with E-state index in [-0.39, 0.29) is 5.60 Å². The molecule has 1 fully saturated rings. The maximum absolute atomic E-state index is 6.03. The molecule has 6 heteroatoms. The van der Waals surface area contributed by atoms with Crippen molar-refractivity contribution in [2.75, 3.05) is 46.4 Å². The number of hydrogen-bond acceptors (Lipinski definition) is 4. The Balaban J connectivity index is 1.83. The molecule has 1 atom stereocenters. The fourth-order valence-corrected chi connectivity index (χ4v) is 3.26. The predicted octanol–water partition coefficient (Wildman–Crippen LogP) is 2.64. The summed E-state index contributed by atoms with van der Waals surface area (Å²) in [5.74, 6) is 1.71. The lowest BCUT2D eigenvalue weighted by atomic mass is 10.0. The van der Waals surface area contributed by atoms with Gasteiger partial charge in [-0.1, -0.05) is 32.0 Å². The maximum Gasteiger partial charge on any atom is 0.191 e. The molecule has 0 bridgehead atoms. The summed E-state index contributed by atoms with van der Waals surface area (Å²) < 4.78 is 11.9. The third-order valence-electron chi connectivity index (χ3n) is 5.13. The molecule has 1 aromatic rings. The molecule has 1 unspecified atom stereocenters. The zero-order chi connectivity index (χ0) is 19.5. The number of hydrogen-bond donors (Lipinski definition) is 2. The normalized spacial score (nSPS) is 20.1. The average Bonchev–Trinajstić information content (AvgIpc) is 3.13. The molecule has 0 aliphatic carbocycles. The van der Waals surface area contributed by atoms with Gasteiger partial charge in [0.2, 0.25) is 0 Å². The van der Waals surface area contributed by atoms with Gasteiger partial charge in [-0.15, -0.1) is 0 Å². The number of ether oxygens (including phenoxy) is 2. The number of aliphatic imine (C=N–C) groups is 1. The molecule has 152 valence electrons. The highest BCUT2D eigenvalue weighted by atomic mass is 16.5. The van der Waals surface area contributed by atoms with E-state index >= 15 is 0 Å². The molecule has 0 amide bonds. The number of nitrogens with zero attached hydrogens (tertiary/aromatic N) is 2. The summed E-state index contributed by atoms with van der Waals surface area (Å²) in [4.78, 5) is 6.68. The second kappa shape index (κ2) is 11.1. The highest BCUT2D eigenvalue weighted by Gasteiger charge is 2.29. The lowest BCUT2D eigenvalue weighted by molar-refractivity contribution is 0.0243. The summed E-state index contributed by atoms with van der Waals surface area (Å²) in [6.45, 7) is 12.5. The van der Waals surface area contributed by atoms with Gasteiger partial charge in [-0.05, 0) is 38.9 Å². The maximum atomic E-state index is 6.03. The highest BCUT2D eigenvalue weighted by molar-refractivity contribution is 5.79. The van der Waals surface area contributed by atoms with E-state index in [1.54, 1.807) is 7.05 Å². The van der Waals surface area contributed by atoms with Gasteiger partial charge < -0.3 is 25.0 Å². The zero-order valence-corrected chi connectivity index (χ0v) is 17.4. The molecule has 0 aromatic heterocycles. The second-order valence-corrected chi connectivity index (χ2v) is 7.16. The SMILES string of the molecule is CCN(CC)CCOc1ccccc1CNC(=NC)NCC1(C)CCCO1. The molecule has 1 aliphatic heterocycles. The van der Waals surface area contributed by atoms with Gasteiger partial charge in [0.1, 0.15) is 12.4 Å². The van der Waals surface area contributed by atoms with Gasteiger partial charge in [0, 0.05) is 38.9 Å². The minimum atomic E-state index is -0.0942. The van der Waals surface area contributed by atoms with Crippen molar-refractivity contribution in [2.45, 2.75) is 45.8 Å². The molecule has 27 heavy (non-hydrogen) atoms. The van der Waals surface area contributed by atoms with Crippen LogP contribution in [0, 0.1) is 0 Å². The van der Waals surface area contributed by atoms with Crippen LogP contribution in [-0.2, 0) is 11.3 Å². The first-order valence-corrected chi connectivity index (χ1v) is 10.1. The van der Waals surface area contributed by atoms with Gasteiger partial charge in [-0.25, -0.2) is 0 Å². The van der Waals surface area contributed by atoms with E-state index < -0.39 is 0 Å². The van der Waals surface area contributed by atoms with Crippen molar-refractivity contribution in [2.24, 2.45) is 4.99 Å². The Hall–Kier alpha value is -1.79. The largest absolute Gasteiger partial charge is 0.492 e. The van der Waals surface area contributed by atoms with Crippen molar-refractivity contribution in [1.29, 1.82) is 0 Å². The Labute approximate surface area is 164 Å². The number of para-hydroxylation sites is 1. The van der Waals surface area contributed by atoms with Gasteiger partial charge in [0.25, 0.3) is 0 Å². The smallest absolute Gasteiger partial charge is 0.191 e. The average molecular weight is 377 g/mol. The fraction of sp³-hybridized carbons (Fsp3) is 0.667. The molecule has 2 N–H and O–H groups in total. The number of rotatable bonds is 10. The van der Waals surface area contributed by atoms with Crippen LogP contribution in [0.15, 0.2) is 29.3 Å². The summed E-state index contributed by atoms with van der Waals surface area (Å²) in [5.41, 5.74) is 1.03. The monoisotopic (exact) mass is 376 g/mol. The van der Waals surface area contributed by atoms with Crippen LogP contribution in [0.1, 0.15) is 39.2 Å². The molecule has 0 radical (unpaired) electrons. The van der Waals surface area contributed by atoms with Crippen molar-refractivity contribution < 1.29 is 9.47 Å². The lowest BCUT2D eigenvalue weighted by Crippen LogP contribution is -2.45. The van der Waals surface area contributed by atoms with Crippen LogP contribution in [0.5, 0.6) is 5.75 Å². The number of nitrogens with one attached hydrogen (secondary N) is 2. The van der Waals surface area contributed by atoms with Crippen LogP contribution in [0.3, 0.4) is 0 Å².